The van der Waals surface area contributed by atoms with Crippen LogP contribution < -0.4 is 14.8 Å². The third-order valence-corrected chi connectivity index (χ3v) is 4.98. The minimum Gasteiger partial charge on any atom is -0.490 e. The van der Waals surface area contributed by atoms with Gasteiger partial charge in [0.05, 0.1) is 11.6 Å². The molecule has 1 N–H and O–H groups in total. The molecule has 0 aromatic heterocycles. The van der Waals surface area contributed by atoms with E-state index in [0.717, 1.165) is 24.2 Å². The van der Waals surface area contributed by atoms with E-state index in [0.29, 0.717) is 34.8 Å². The minimum atomic E-state index is 0.409. The lowest BCUT2D eigenvalue weighted by Gasteiger charge is -2.16. The van der Waals surface area contributed by atoms with Crippen molar-refractivity contribution in [3.8, 4) is 11.5 Å². The van der Waals surface area contributed by atoms with Crippen LogP contribution in [0.1, 0.15) is 57.1 Å². The van der Waals surface area contributed by atoms with E-state index in [-0.39, 0.29) is 0 Å². The summed E-state index contributed by atoms with van der Waals surface area (Å²) < 4.78 is 11.7. The summed E-state index contributed by atoms with van der Waals surface area (Å²) in [4.78, 5) is 0. The zero-order chi connectivity index (χ0) is 20.2. The van der Waals surface area contributed by atoms with Crippen LogP contribution in [-0.2, 0) is 13.2 Å². The predicted octanol–water partition coefficient (Wildman–Crippen LogP) is 7.03. The van der Waals surface area contributed by atoms with E-state index in [4.69, 9.17) is 32.7 Å². The van der Waals surface area contributed by atoms with Crippen molar-refractivity contribution >= 4 is 23.2 Å². The fourth-order valence-electron chi connectivity index (χ4n) is 2.95. The van der Waals surface area contributed by atoms with Gasteiger partial charge in [-0.3, -0.25) is 0 Å². The molecule has 2 aromatic rings. The van der Waals surface area contributed by atoms with Crippen molar-refractivity contribution < 1.29 is 9.47 Å². The van der Waals surface area contributed by atoms with E-state index in [1.165, 1.54) is 32.1 Å². The molecule has 2 aromatic carbocycles. The number of hydrogen-bond acceptors (Lipinski definition) is 3. The molecular weight excluding hydrogens is 393 g/mol. The number of unbranched alkanes of at least 4 members (excludes halogenated alkanes) is 4. The molecule has 154 valence electrons. The van der Waals surface area contributed by atoms with E-state index in [9.17, 15) is 0 Å². The molecule has 0 saturated carbocycles. The van der Waals surface area contributed by atoms with Gasteiger partial charge in [0.25, 0.3) is 0 Å². The van der Waals surface area contributed by atoms with Gasteiger partial charge in [-0.2, -0.15) is 0 Å². The standard InChI is InChI=1S/C23H31Cl2NO2/c1-3-5-6-7-8-13-26-16-19-14-21(25)23(22(15-19)27-4-2)28-17-18-9-11-20(24)12-10-18/h9-12,14-15,26H,3-8,13,16-17H2,1-2H3. The van der Waals surface area contributed by atoms with Crippen LogP contribution in [0, 0.1) is 0 Å². The largest absolute Gasteiger partial charge is 0.490 e. The summed E-state index contributed by atoms with van der Waals surface area (Å²) in [6, 6.07) is 11.5. The molecular formula is C23H31Cl2NO2. The van der Waals surface area contributed by atoms with Crippen LogP contribution in [0.15, 0.2) is 36.4 Å². The van der Waals surface area contributed by atoms with Crippen molar-refractivity contribution in [1.29, 1.82) is 0 Å². The zero-order valence-electron chi connectivity index (χ0n) is 16.9. The van der Waals surface area contributed by atoms with Gasteiger partial charge in [-0.25, -0.2) is 0 Å². The Kier molecular flexibility index (Phi) is 10.6. The molecule has 0 radical (unpaired) electrons. The number of rotatable bonds is 13. The Hall–Kier alpha value is -1.42. The summed E-state index contributed by atoms with van der Waals surface area (Å²) in [5, 5.41) is 4.77. The van der Waals surface area contributed by atoms with Crippen molar-refractivity contribution in [3.05, 3.63) is 57.6 Å². The first-order valence-electron chi connectivity index (χ1n) is 10.2. The number of ether oxygens (including phenoxy) is 2. The lowest BCUT2D eigenvalue weighted by Crippen LogP contribution is -2.15. The van der Waals surface area contributed by atoms with E-state index >= 15 is 0 Å². The van der Waals surface area contributed by atoms with Crippen LogP contribution in [0.2, 0.25) is 10.0 Å². The molecule has 3 nitrogen and oxygen atoms in total. The summed E-state index contributed by atoms with van der Waals surface area (Å²) in [5.41, 5.74) is 2.12. The fraction of sp³-hybridized carbons (Fsp3) is 0.478. The smallest absolute Gasteiger partial charge is 0.180 e. The maximum Gasteiger partial charge on any atom is 0.180 e. The molecule has 0 amide bonds. The zero-order valence-corrected chi connectivity index (χ0v) is 18.4. The second kappa shape index (κ2) is 12.9. The maximum absolute atomic E-state index is 6.51. The molecule has 0 atom stereocenters. The van der Waals surface area contributed by atoms with Crippen LogP contribution in [0.4, 0.5) is 0 Å². The normalized spacial score (nSPS) is 10.9. The first kappa shape index (κ1) is 22.9. The molecule has 0 fully saturated rings. The van der Waals surface area contributed by atoms with Crippen LogP contribution in [0.3, 0.4) is 0 Å². The second-order valence-electron chi connectivity index (χ2n) is 6.84. The molecule has 0 aliphatic heterocycles. The van der Waals surface area contributed by atoms with E-state index in [1.807, 2.05) is 43.3 Å². The molecule has 0 spiro atoms. The summed E-state index contributed by atoms with van der Waals surface area (Å²) in [7, 11) is 0. The Morgan fingerprint density at radius 3 is 2.32 bits per heavy atom. The quantitative estimate of drug-likeness (QED) is 0.350. The molecule has 28 heavy (non-hydrogen) atoms. The number of hydrogen-bond donors (Lipinski definition) is 1. The molecule has 0 bridgehead atoms. The Bertz CT molecular complexity index is 704. The lowest BCUT2D eigenvalue weighted by atomic mass is 10.1. The van der Waals surface area contributed by atoms with Crippen molar-refractivity contribution in [1.82, 2.24) is 5.32 Å². The fourth-order valence-corrected chi connectivity index (χ4v) is 3.36. The van der Waals surface area contributed by atoms with Crippen molar-refractivity contribution in [3.63, 3.8) is 0 Å². The molecule has 0 aliphatic carbocycles. The number of benzene rings is 2. The third-order valence-electron chi connectivity index (χ3n) is 4.45. The summed E-state index contributed by atoms with van der Waals surface area (Å²) in [6.07, 6.45) is 6.40. The van der Waals surface area contributed by atoms with Gasteiger partial charge < -0.3 is 14.8 Å². The first-order chi connectivity index (χ1) is 13.6. The first-order valence-corrected chi connectivity index (χ1v) is 10.9. The Balaban J connectivity index is 1.93. The topological polar surface area (TPSA) is 30.5 Å². The molecule has 0 saturated heterocycles. The van der Waals surface area contributed by atoms with Gasteiger partial charge in [-0.05, 0) is 55.3 Å². The van der Waals surface area contributed by atoms with E-state index in [2.05, 4.69) is 12.2 Å². The van der Waals surface area contributed by atoms with E-state index < -0.39 is 0 Å². The van der Waals surface area contributed by atoms with Crippen LogP contribution in [0.5, 0.6) is 11.5 Å². The lowest BCUT2D eigenvalue weighted by molar-refractivity contribution is 0.269. The van der Waals surface area contributed by atoms with Gasteiger partial charge >= 0.3 is 0 Å². The van der Waals surface area contributed by atoms with Gasteiger partial charge in [0.2, 0.25) is 0 Å². The molecule has 0 unspecified atom stereocenters. The predicted molar refractivity (Wildman–Crippen MR) is 119 cm³/mol. The van der Waals surface area contributed by atoms with Gasteiger partial charge in [-0.1, -0.05) is 67.9 Å². The highest BCUT2D eigenvalue weighted by Crippen LogP contribution is 2.37. The molecule has 5 heteroatoms. The van der Waals surface area contributed by atoms with Gasteiger partial charge in [0.1, 0.15) is 6.61 Å². The molecule has 0 aliphatic rings. The summed E-state index contributed by atoms with van der Waals surface area (Å²) in [5.74, 6) is 1.27. The number of nitrogens with one attached hydrogen (secondary N) is 1. The average molecular weight is 424 g/mol. The summed E-state index contributed by atoms with van der Waals surface area (Å²) >= 11 is 12.4. The maximum atomic E-state index is 6.51. The number of halogens is 2. The summed E-state index contributed by atoms with van der Waals surface area (Å²) in [6.45, 7) is 6.94. The van der Waals surface area contributed by atoms with Crippen molar-refractivity contribution in [2.24, 2.45) is 0 Å². The Labute approximate surface area is 179 Å². The van der Waals surface area contributed by atoms with Crippen molar-refractivity contribution in [2.75, 3.05) is 13.2 Å². The van der Waals surface area contributed by atoms with Gasteiger partial charge in [0.15, 0.2) is 11.5 Å². The highest BCUT2D eigenvalue weighted by atomic mass is 35.5. The highest BCUT2D eigenvalue weighted by molar-refractivity contribution is 6.32. The Morgan fingerprint density at radius 1 is 0.857 bits per heavy atom. The second-order valence-corrected chi connectivity index (χ2v) is 7.69. The third kappa shape index (κ3) is 7.90. The van der Waals surface area contributed by atoms with Crippen LogP contribution >= 0.6 is 23.2 Å². The van der Waals surface area contributed by atoms with Crippen LogP contribution in [-0.4, -0.2) is 13.2 Å². The average Bonchev–Trinajstić information content (AvgIpc) is 2.68. The van der Waals surface area contributed by atoms with Gasteiger partial charge in [0, 0.05) is 11.6 Å². The molecule has 0 heterocycles. The van der Waals surface area contributed by atoms with Gasteiger partial charge in [-0.15, -0.1) is 0 Å². The van der Waals surface area contributed by atoms with E-state index in [1.54, 1.807) is 0 Å². The van der Waals surface area contributed by atoms with Crippen LogP contribution in [0.25, 0.3) is 0 Å². The Morgan fingerprint density at radius 2 is 1.61 bits per heavy atom. The monoisotopic (exact) mass is 423 g/mol. The highest BCUT2D eigenvalue weighted by Gasteiger charge is 2.13. The van der Waals surface area contributed by atoms with Crippen molar-refractivity contribution in [2.45, 2.75) is 59.1 Å². The molecule has 2 rings (SSSR count). The minimum absolute atomic E-state index is 0.409. The SMILES string of the molecule is CCCCCCCNCc1cc(Cl)c(OCc2ccc(Cl)cc2)c(OCC)c1.